The first-order chi connectivity index (χ1) is 18.5. The second-order valence-corrected chi connectivity index (χ2v) is 9.00. The molecule has 4 aromatic rings. The highest BCUT2D eigenvalue weighted by Crippen LogP contribution is 2.27. The molecule has 0 aliphatic heterocycles. The van der Waals surface area contributed by atoms with Gasteiger partial charge >= 0.3 is 0 Å². The van der Waals surface area contributed by atoms with Crippen molar-refractivity contribution in [1.82, 2.24) is 0 Å². The van der Waals surface area contributed by atoms with Crippen LogP contribution in [0.5, 0.6) is 0 Å². The zero-order valence-electron chi connectivity index (χ0n) is 20.0. The van der Waals surface area contributed by atoms with Crippen LogP contribution in [0.1, 0.15) is 41.4 Å². The lowest BCUT2D eigenvalue weighted by Gasteiger charge is -2.17. The summed E-state index contributed by atoms with van der Waals surface area (Å²) in [4.78, 5) is 50.4. The molecule has 6 heteroatoms. The Labute approximate surface area is 218 Å². The van der Waals surface area contributed by atoms with Crippen LogP contribution in [0.25, 0.3) is 11.1 Å². The number of hydrogen-bond donors (Lipinski definition) is 2. The van der Waals surface area contributed by atoms with E-state index >= 15 is 0 Å². The van der Waals surface area contributed by atoms with Crippen molar-refractivity contribution in [2.75, 3.05) is 10.6 Å². The molecule has 0 heterocycles. The summed E-state index contributed by atoms with van der Waals surface area (Å²) in [7, 11) is 0. The Morgan fingerprint density at radius 3 is 1.11 bits per heavy atom. The highest BCUT2D eigenvalue weighted by atomic mass is 16.1. The van der Waals surface area contributed by atoms with Crippen molar-refractivity contribution in [1.29, 1.82) is 0 Å². The number of hydrogen-bond acceptors (Lipinski definition) is 6. The third kappa shape index (κ3) is 4.14. The van der Waals surface area contributed by atoms with E-state index in [0.717, 1.165) is 11.1 Å². The molecule has 2 N–H and O–H groups in total. The van der Waals surface area contributed by atoms with Crippen molar-refractivity contribution in [2.45, 2.75) is 0 Å². The fourth-order valence-electron chi connectivity index (χ4n) is 4.62. The summed E-state index contributed by atoms with van der Waals surface area (Å²) in [5.74, 6) is -0.840. The third-order valence-corrected chi connectivity index (χ3v) is 6.58. The number of carbonyl (C=O) groups is 4. The van der Waals surface area contributed by atoms with E-state index in [1.165, 1.54) is 12.2 Å². The Kier molecular flexibility index (Phi) is 5.62. The fraction of sp³-hybridized carbons (Fsp3) is 0. The lowest BCUT2D eigenvalue weighted by Crippen LogP contribution is -2.21. The highest BCUT2D eigenvalue weighted by Gasteiger charge is 2.26. The maximum absolute atomic E-state index is 12.8. The van der Waals surface area contributed by atoms with Gasteiger partial charge in [-0.1, -0.05) is 72.8 Å². The molecule has 0 atom stereocenters. The van der Waals surface area contributed by atoms with Gasteiger partial charge in [0, 0.05) is 45.8 Å². The van der Waals surface area contributed by atoms with Crippen LogP contribution in [0, 0.1) is 0 Å². The second kappa shape index (κ2) is 9.26. The van der Waals surface area contributed by atoms with Gasteiger partial charge in [-0.25, -0.2) is 0 Å². The fourth-order valence-corrected chi connectivity index (χ4v) is 4.62. The van der Waals surface area contributed by atoms with Gasteiger partial charge in [0.1, 0.15) is 0 Å². The van der Waals surface area contributed by atoms with Gasteiger partial charge in [-0.05, 0) is 35.4 Å². The van der Waals surface area contributed by atoms with Gasteiger partial charge in [-0.2, -0.15) is 0 Å². The lowest BCUT2D eigenvalue weighted by molar-refractivity contribution is 0.0985. The summed E-state index contributed by atoms with van der Waals surface area (Å²) in [6.45, 7) is 0. The average molecular weight is 497 g/mol. The number of allylic oxidation sites excluding steroid dienone is 4. The van der Waals surface area contributed by atoms with Crippen molar-refractivity contribution >= 4 is 34.5 Å². The molecule has 0 saturated heterocycles. The first-order valence-corrected chi connectivity index (χ1v) is 12.0. The van der Waals surface area contributed by atoms with E-state index in [-0.39, 0.29) is 34.5 Å². The Hall–Kier alpha value is -5.36. The largest absolute Gasteiger partial charge is 0.352 e. The smallest absolute Gasteiger partial charge is 0.210 e. The zero-order valence-corrected chi connectivity index (χ0v) is 20.0. The summed E-state index contributed by atoms with van der Waals surface area (Å²) < 4.78 is 0. The van der Waals surface area contributed by atoms with Crippen molar-refractivity contribution < 1.29 is 19.2 Å². The number of nitrogens with one attached hydrogen (secondary N) is 2. The predicted octanol–water partition coefficient (Wildman–Crippen LogP) is 6.10. The number of carbonyl (C=O) groups excluding carboxylic acids is 4. The zero-order chi connectivity index (χ0) is 26.2. The molecule has 0 radical (unpaired) electrons. The number of ketones is 4. The summed E-state index contributed by atoms with van der Waals surface area (Å²) in [5, 5.41) is 6.13. The normalized spacial score (nSPS) is 14.3. The molecule has 182 valence electrons. The second-order valence-electron chi connectivity index (χ2n) is 9.00. The molecule has 0 unspecified atom stereocenters. The van der Waals surface area contributed by atoms with E-state index < -0.39 is 0 Å². The third-order valence-electron chi connectivity index (χ3n) is 6.58. The quantitative estimate of drug-likeness (QED) is 0.347. The minimum absolute atomic E-state index is 0.202. The Morgan fingerprint density at radius 1 is 0.395 bits per heavy atom. The van der Waals surface area contributed by atoms with Gasteiger partial charge in [0.15, 0.2) is 11.6 Å². The summed E-state index contributed by atoms with van der Waals surface area (Å²) in [6.07, 6.45) is 2.67. The number of Topliss-reactive ketones (excluding diaryl/α,β-unsaturated/α-hetero) is 2. The minimum Gasteiger partial charge on any atom is -0.352 e. The van der Waals surface area contributed by atoms with Crippen LogP contribution in [0.3, 0.4) is 0 Å². The Morgan fingerprint density at radius 2 is 0.737 bits per heavy atom. The van der Waals surface area contributed by atoms with Crippen LogP contribution < -0.4 is 10.6 Å². The van der Waals surface area contributed by atoms with E-state index in [2.05, 4.69) is 10.6 Å². The van der Waals surface area contributed by atoms with Gasteiger partial charge in [0.05, 0.1) is 11.4 Å². The molecule has 0 saturated carbocycles. The van der Waals surface area contributed by atoms with Gasteiger partial charge in [-0.15, -0.1) is 0 Å². The highest BCUT2D eigenvalue weighted by molar-refractivity contribution is 6.26. The molecule has 0 amide bonds. The van der Waals surface area contributed by atoms with Crippen molar-refractivity contribution in [3.05, 3.63) is 143 Å². The van der Waals surface area contributed by atoms with Crippen LogP contribution >= 0.6 is 0 Å². The monoisotopic (exact) mass is 496 g/mol. The van der Waals surface area contributed by atoms with E-state index in [1.54, 1.807) is 48.5 Å². The summed E-state index contributed by atoms with van der Waals surface area (Å²) >= 11 is 0. The summed E-state index contributed by atoms with van der Waals surface area (Å²) in [6, 6.07) is 28.6. The molecule has 38 heavy (non-hydrogen) atoms. The molecule has 6 rings (SSSR count). The van der Waals surface area contributed by atoms with Crippen LogP contribution in [-0.4, -0.2) is 23.1 Å². The van der Waals surface area contributed by atoms with Gasteiger partial charge < -0.3 is 10.6 Å². The standard InChI is InChI=1S/C32H20N2O4/c35-29-17-27(31(37)25-7-3-1-5-23(25)29)33-21-13-9-19(10-14-21)20-11-15-22(16-12-20)34-28-18-30(36)24-6-2-4-8-26(24)32(28)38/h1-18,33-34H. The molecule has 2 aliphatic carbocycles. The van der Waals surface area contributed by atoms with Gasteiger partial charge in [0.25, 0.3) is 0 Å². The van der Waals surface area contributed by atoms with Gasteiger partial charge in [0.2, 0.25) is 11.6 Å². The van der Waals surface area contributed by atoms with Gasteiger partial charge in [-0.3, -0.25) is 19.2 Å². The van der Waals surface area contributed by atoms with E-state index in [4.69, 9.17) is 0 Å². The molecule has 0 spiro atoms. The Bertz CT molecular complexity index is 1580. The van der Waals surface area contributed by atoms with E-state index in [9.17, 15) is 19.2 Å². The average Bonchev–Trinajstić information content (AvgIpc) is 2.95. The lowest BCUT2D eigenvalue weighted by atomic mass is 9.92. The van der Waals surface area contributed by atoms with Crippen molar-refractivity contribution in [3.63, 3.8) is 0 Å². The molecule has 0 fully saturated rings. The van der Waals surface area contributed by atoms with Crippen LogP contribution in [0.2, 0.25) is 0 Å². The number of rotatable bonds is 5. The first-order valence-electron chi connectivity index (χ1n) is 12.0. The predicted molar refractivity (Wildman–Crippen MR) is 145 cm³/mol. The molecular weight excluding hydrogens is 476 g/mol. The van der Waals surface area contributed by atoms with E-state index in [1.807, 2.05) is 48.5 Å². The van der Waals surface area contributed by atoms with Crippen molar-refractivity contribution in [3.8, 4) is 11.1 Å². The van der Waals surface area contributed by atoms with Crippen LogP contribution in [0.15, 0.2) is 121 Å². The van der Waals surface area contributed by atoms with Crippen molar-refractivity contribution in [2.24, 2.45) is 0 Å². The molecule has 0 aromatic heterocycles. The van der Waals surface area contributed by atoms with E-state index in [0.29, 0.717) is 33.6 Å². The molecular formula is C32H20N2O4. The Balaban J connectivity index is 1.15. The molecule has 0 bridgehead atoms. The maximum atomic E-state index is 12.8. The van der Waals surface area contributed by atoms with Crippen LogP contribution in [0.4, 0.5) is 11.4 Å². The summed E-state index contributed by atoms with van der Waals surface area (Å²) in [5.41, 5.74) is 5.37. The first kappa shape index (κ1) is 23.1. The molecule has 6 nitrogen and oxygen atoms in total. The number of fused-ring (bicyclic) bond motifs is 2. The topological polar surface area (TPSA) is 92.3 Å². The molecule has 4 aromatic carbocycles. The molecule has 2 aliphatic rings. The maximum Gasteiger partial charge on any atom is 0.210 e. The number of benzene rings is 4. The SMILES string of the molecule is O=C1C=C(Nc2ccc(-c3ccc(NC4=CC(=O)c5ccccc5C4=O)cc3)cc2)C(=O)c2ccccc21. The minimum atomic E-state index is -0.218. The van der Waals surface area contributed by atoms with Crippen LogP contribution in [-0.2, 0) is 0 Å². The number of anilines is 2.